The fourth-order valence-corrected chi connectivity index (χ4v) is 2.15. The fraction of sp³-hybridized carbons (Fsp3) is 0.500. The third-order valence-electron chi connectivity index (χ3n) is 3.25. The van der Waals surface area contributed by atoms with E-state index in [2.05, 4.69) is 4.90 Å². The second-order valence-corrected chi connectivity index (χ2v) is 4.26. The van der Waals surface area contributed by atoms with Crippen LogP contribution in [0.25, 0.3) is 0 Å². The molecule has 4 heteroatoms. The van der Waals surface area contributed by atoms with Crippen molar-refractivity contribution < 1.29 is 4.79 Å². The predicted molar refractivity (Wildman–Crippen MR) is 63.3 cm³/mol. The number of carbonyl (C=O) groups excluding carboxylic acids is 1. The van der Waals surface area contributed by atoms with Crippen LogP contribution in [0, 0.1) is 6.92 Å². The van der Waals surface area contributed by atoms with Gasteiger partial charge in [-0.3, -0.25) is 9.59 Å². The summed E-state index contributed by atoms with van der Waals surface area (Å²) in [5.41, 5.74) is 1.78. The van der Waals surface area contributed by atoms with Crippen LogP contribution < -0.4 is 10.5 Å². The minimum atomic E-state index is -0.197. The van der Waals surface area contributed by atoms with Crippen molar-refractivity contribution in [2.75, 3.05) is 18.0 Å². The van der Waals surface area contributed by atoms with Crippen LogP contribution in [-0.4, -0.2) is 23.9 Å². The van der Waals surface area contributed by atoms with Crippen molar-refractivity contribution in [3.8, 4) is 0 Å². The van der Waals surface area contributed by atoms with E-state index in [0.717, 1.165) is 37.3 Å². The molecule has 0 amide bonds. The normalized spacial score (nSPS) is 15.5. The van der Waals surface area contributed by atoms with E-state index in [1.807, 2.05) is 13.0 Å². The molecule has 1 saturated heterocycles. The first-order valence-electron chi connectivity index (χ1n) is 5.56. The Kier molecular flexibility index (Phi) is 2.81. The van der Waals surface area contributed by atoms with Gasteiger partial charge in [-0.1, -0.05) is 0 Å². The maximum atomic E-state index is 11.9. The van der Waals surface area contributed by atoms with Crippen LogP contribution in [0.15, 0.2) is 10.9 Å². The Hall–Kier alpha value is -1.58. The molecule has 4 nitrogen and oxygen atoms in total. The molecule has 0 spiro atoms. The van der Waals surface area contributed by atoms with Gasteiger partial charge in [0, 0.05) is 25.8 Å². The summed E-state index contributed by atoms with van der Waals surface area (Å²) in [6.45, 7) is 3.76. The van der Waals surface area contributed by atoms with Gasteiger partial charge in [-0.25, -0.2) is 0 Å². The summed E-state index contributed by atoms with van der Waals surface area (Å²) >= 11 is 0. The lowest BCUT2D eigenvalue weighted by Crippen LogP contribution is -2.28. The van der Waals surface area contributed by atoms with Crippen molar-refractivity contribution in [3.05, 3.63) is 27.7 Å². The molecule has 0 aromatic carbocycles. The zero-order valence-electron chi connectivity index (χ0n) is 9.69. The number of aromatic nitrogens is 1. The molecule has 0 radical (unpaired) electrons. The Morgan fingerprint density at radius 2 is 1.94 bits per heavy atom. The number of hydrogen-bond donors (Lipinski definition) is 0. The molecule has 0 bridgehead atoms. The lowest BCUT2D eigenvalue weighted by molar-refractivity contribution is 0.112. The molecule has 0 aliphatic carbocycles. The Balaban J connectivity index is 2.59. The number of carbonyl (C=O) groups is 1. The van der Waals surface area contributed by atoms with E-state index in [9.17, 15) is 9.59 Å². The van der Waals surface area contributed by atoms with Crippen molar-refractivity contribution >= 4 is 12.0 Å². The molecule has 0 unspecified atom stereocenters. The molecular weight excluding hydrogens is 204 g/mol. The third-order valence-corrected chi connectivity index (χ3v) is 3.25. The van der Waals surface area contributed by atoms with Gasteiger partial charge in [-0.05, 0) is 25.8 Å². The summed E-state index contributed by atoms with van der Waals surface area (Å²) in [5, 5.41) is 0. The molecule has 0 atom stereocenters. The highest BCUT2D eigenvalue weighted by Crippen LogP contribution is 2.22. The highest BCUT2D eigenvalue weighted by atomic mass is 16.1. The summed E-state index contributed by atoms with van der Waals surface area (Å²) in [6.07, 6.45) is 2.94. The van der Waals surface area contributed by atoms with Crippen LogP contribution in [-0.2, 0) is 7.05 Å². The fourth-order valence-electron chi connectivity index (χ4n) is 2.15. The molecule has 1 aliphatic rings. The van der Waals surface area contributed by atoms with Gasteiger partial charge in [0.2, 0.25) is 0 Å². The summed E-state index contributed by atoms with van der Waals surface area (Å²) < 4.78 is 1.52. The van der Waals surface area contributed by atoms with Crippen molar-refractivity contribution in [1.29, 1.82) is 0 Å². The molecule has 1 aromatic rings. The van der Waals surface area contributed by atoms with Crippen molar-refractivity contribution in [2.45, 2.75) is 19.8 Å². The van der Waals surface area contributed by atoms with Gasteiger partial charge < -0.3 is 9.47 Å². The molecule has 0 saturated carbocycles. The molecule has 16 heavy (non-hydrogen) atoms. The van der Waals surface area contributed by atoms with Crippen LogP contribution in [0.5, 0.6) is 0 Å². The largest absolute Gasteiger partial charge is 0.371 e. The summed E-state index contributed by atoms with van der Waals surface area (Å²) in [6, 6.07) is 1.93. The van der Waals surface area contributed by atoms with Crippen LogP contribution in [0.1, 0.15) is 28.9 Å². The third kappa shape index (κ3) is 1.64. The zero-order chi connectivity index (χ0) is 11.7. The summed E-state index contributed by atoms with van der Waals surface area (Å²) in [5.74, 6) is 0. The second kappa shape index (κ2) is 4.12. The van der Waals surface area contributed by atoms with Gasteiger partial charge in [0.15, 0.2) is 6.29 Å². The standard InChI is InChI=1S/C12H16N2O2/c1-9-7-11(14-5-3-4-6-14)10(8-15)12(16)13(9)2/h7-8H,3-6H2,1-2H3. The lowest BCUT2D eigenvalue weighted by atomic mass is 10.2. The first-order valence-corrected chi connectivity index (χ1v) is 5.56. The smallest absolute Gasteiger partial charge is 0.263 e. The second-order valence-electron chi connectivity index (χ2n) is 4.26. The highest BCUT2D eigenvalue weighted by Gasteiger charge is 2.19. The van der Waals surface area contributed by atoms with E-state index in [4.69, 9.17) is 0 Å². The number of anilines is 1. The minimum Gasteiger partial charge on any atom is -0.371 e. The molecule has 2 rings (SSSR count). The number of nitrogens with zero attached hydrogens (tertiary/aromatic N) is 2. The highest BCUT2D eigenvalue weighted by molar-refractivity contribution is 5.84. The molecule has 1 aliphatic heterocycles. The average molecular weight is 220 g/mol. The van der Waals surface area contributed by atoms with Crippen molar-refractivity contribution in [3.63, 3.8) is 0 Å². The van der Waals surface area contributed by atoms with E-state index in [-0.39, 0.29) is 11.1 Å². The van der Waals surface area contributed by atoms with Gasteiger partial charge in [-0.2, -0.15) is 0 Å². The van der Waals surface area contributed by atoms with E-state index < -0.39 is 0 Å². The average Bonchev–Trinajstić information content (AvgIpc) is 2.79. The first kappa shape index (κ1) is 10.9. The molecule has 86 valence electrons. The van der Waals surface area contributed by atoms with E-state index in [1.165, 1.54) is 4.57 Å². The molecule has 1 fully saturated rings. The van der Waals surface area contributed by atoms with Gasteiger partial charge in [0.05, 0.1) is 5.69 Å². The van der Waals surface area contributed by atoms with E-state index >= 15 is 0 Å². The SMILES string of the molecule is Cc1cc(N2CCCC2)c(C=O)c(=O)n1C. The predicted octanol–water partition coefficient (Wildman–Crippen LogP) is 1.11. The van der Waals surface area contributed by atoms with Crippen LogP contribution in [0.2, 0.25) is 0 Å². The van der Waals surface area contributed by atoms with Crippen molar-refractivity contribution in [1.82, 2.24) is 4.57 Å². The molecule has 1 aromatic heterocycles. The van der Waals surface area contributed by atoms with E-state index in [0.29, 0.717) is 6.29 Å². The van der Waals surface area contributed by atoms with Gasteiger partial charge in [0.25, 0.3) is 5.56 Å². The Morgan fingerprint density at radius 3 is 2.50 bits per heavy atom. The number of pyridine rings is 1. The Bertz CT molecular complexity index is 471. The molecule has 0 N–H and O–H groups in total. The first-order chi connectivity index (χ1) is 7.65. The molecular formula is C12H16N2O2. The van der Waals surface area contributed by atoms with Crippen molar-refractivity contribution in [2.24, 2.45) is 7.05 Å². The van der Waals surface area contributed by atoms with Gasteiger partial charge in [-0.15, -0.1) is 0 Å². The number of rotatable bonds is 2. The molecule has 2 heterocycles. The quantitative estimate of drug-likeness (QED) is 0.701. The van der Waals surface area contributed by atoms with Crippen LogP contribution in [0.4, 0.5) is 5.69 Å². The number of aryl methyl sites for hydroxylation is 1. The summed E-state index contributed by atoms with van der Waals surface area (Å²) in [4.78, 5) is 25.1. The summed E-state index contributed by atoms with van der Waals surface area (Å²) in [7, 11) is 1.69. The topological polar surface area (TPSA) is 42.3 Å². The van der Waals surface area contributed by atoms with E-state index in [1.54, 1.807) is 7.05 Å². The maximum absolute atomic E-state index is 11.9. The van der Waals surface area contributed by atoms with Gasteiger partial charge >= 0.3 is 0 Å². The number of hydrogen-bond acceptors (Lipinski definition) is 3. The maximum Gasteiger partial charge on any atom is 0.263 e. The van der Waals surface area contributed by atoms with Gasteiger partial charge in [0.1, 0.15) is 5.56 Å². The monoisotopic (exact) mass is 220 g/mol. The lowest BCUT2D eigenvalue weighted by Gasteiger charge is -2.20. The van der Waals surface area contributed by atoms with Crippen LogP contribution in [0.3, 0.4) is 0 Å². The Morgan fingerprint density at radius 1 is 1.31 bits per heavy atom. The zero-order valence-corrected chi connectivity index (χ0v) is 9.69. The van der Waals surface area contributed by atoms with Crippen LogP contribution >= 0.6 is 0 Å². The number of aldehydes is 1. The Labute approximate surface area is 94.5 Å². The minimum absolute atomic E-state index is 0.197.